The van der Waals surface area contributed by atoms with Crippen LogP contribution in [0.3, 0.4) is 0 Å². The fourth-order valence-electron chi connectivity index (χ4n) is 1.94. The van der Waals surface area contributed by atoms with Gasteiger partial charge in [0.2, 0.25) is 0 Å². The minimum absolute atomic E-state index is 0.192. The number of halogens is 1. The van der Waals surface area contributed by atoms with Crippen LogP contribution in [0, 0.1) is 0 Å². The van der Waals surface area contributed by atoms with E-state index in [9.17, 15) is 0 Å². The van der Waals surface area contributed by atoms with Gasteiger partial charge in [0, 0.05) is 22.6 Å². The van der Waals surface area contributed by atoms with E-state index in [2.05, 4.69) is 15.9 Å². The summed E-state index contributed by atoms with van der Waals surface area (Å²) in [6, 6.07) is 15.5. The molecule has 0 saturated carbocycles. The van der Waals surface area contributed by atoms with E-state index < -0.39 is 0 Å². The summed E-state index contributed by atoms with van der Waals surface area (Å²) in [4.78, 5) is 0. The summed E-state index contributed by atoms with van der Waals surface area (Å²) >= 11 is 3.53. The molecule has 0 saturated heterocycles. The zero-order chi connectivity index (χ0) is 14.4. The Balaban J connectivity index is 2.18. The largest absolute Gasteiger partial charge is 0.494 e. The molecule has 1 unspecified atom stereocenters. The first-order valence-corrected chi connectivity index (χ1v) is 7.38. The van der Waals surface area contributed by atoms with Crippen molar-refractivity contribution < 1.29 is 9.47 Å². The fourth-order valence-corrected chi connectivity index (χ4v) is 2.48. The minimum Gasteiger partial charge on any atom is -0.494 e. The predicted molar refractivity (Wildman–Crippen MR) is 84.2 cm³/mol. The highest BCUT2D eigenvalue weighted by molar-refractivity contribution is 9.10. The molecule has 20 heavy (non-hydrogen) atoms. The Morgan fingerprint density at radius 3 is 2.55 bits per heavy atom. The van der Waals surface area contributed by atoms with Crippen LogP contribution in [0.5, 0.6) is 11.5 Å². The molecular formula is C16H18BrNO2. The first-order valence-electron chi connectivity index (χ1n) is 6.58. The monoisotopic (exact) mass is 335 g/mol. The maximum absolute atomic E-state index is 5.98. The Morgan fingerprint density at radius 1 is 1.10 bits per heavy atom. The maximum Gasteiger partial charge on any atom is 0.137 e. The van der Waals surface area contributed by atoms with Crippen molar-refractivity contribution in [1.29, 1.82) is 0 Å². The molecule has 2 aromatic rings. The van der Waals surface area contributed by atoms with Crippen LogP contribution in [0.25, 0.3) is 0 Å². The van der Waals surface area contributed by atoms with Gasteiger partial charge in [0.1, 0.15) is 17.6 Å². The molecule has 0 spiro atoms. The van der Waals surface area contributed by atoms with Crippen molar-refractivity contribution in [2.24, 2.45) is 5.73 Å². The normalized spacial score (nSPS) is 11.9. The molecule has 0 aliphatic carbocycles. The molecule has 2 N–H and O–H groups in total. The molecule has 0 amide bonds. The lowest BCUT2D eigenvalue weighted by Crippen LogP contribution is -2.18. The molecule has 4 heteroatoms. The second-order valence-electron chi connectivity index (χ2n) is 4.27. The lowest BCUT2D eigenvalue weighted by molar-refractivity contribution is 0.212. The van der Waals surface area contributed by atoms with Crippen molar-refractivity contribution >= 4 is 15.9 Å². The maximum atomic E-state index is 5.98. The standard InChI is InChI=1S/C16H18BrNO2/c1-2-19-12-6-5-7-13(10-12)20-16(11-18)14-8-3-4-9-15(14)17/h3-10,16H,2,11,18H2,1H3. The van der Waals surface area contributed by atoms with Gasteiger partial charge in [-0.05, 0) is 25.1 Å². The molecule has 0 bridgehead atoms. The van der Waals surface area contributed by atoms with Crippen LogP contribution >= 0.6 is 15.9 Å². The van der Waals surface area contributed by atoms with Gasteiger partial charge >= 0.3 is 0 Å². The van der Waals surface area contributed by atoms with Crippen LogP contribution in [0.2, 0.25) is 0 Å². The number of ether oxygens (including phenoxy) is 2. The molecule has 0 heterocycles. The second kappa shape index (κ2) is 7.31. The number of nitrogens with two attached hydrogens (primary N) is 1. The summed E-state index contributed by atoms with van der Waals surface area (Å²) in [5, 5.41) is 0. The van der Waals surface area contributed by atoms with Crippen molar-refractivity contribution in [2.45, 2.75) is 13.0 Å². The Morgan fingerprint density at radius 2 is 1.85 bits per heavy atom. The fraction of sp³-hybridized carbons (Fsp3) is 0.250. The van der Waals surface area contributed by atoms with E-state index in [0.717, 1.165) is 21.5 Å². The van der Waals surface area contributed by atoms with Crippen molar-refractivity contribution in [3.05, 3.63) is 58.6 Å². The Hall–Kier alpha value is -1.52. The zero-order valence-corrected chi connectivity index (χ0v) is 13.0. The van der Waals surface area contributed by atoms with E-state index in [4.69, 9.17) is 15.2 Å². The number of hydrogen-bond donors (Lipinski definition) is 1. The van der Waals surface area contributed by atoms with Crippen molar-refractivity contribution in [3.8, 4) is 11.5 Å². The molecule has 1 atom stereocenters. The van der Waals surface area contributed by atoms with Gasteiger partial charge in [0.25, 0.3) is 0 Å². The van der Waals surface area contributed by atoms with Crippen LogP contribution < -0.4 is 15.2 Å². The number of rotatable bonds is 6. The van der Waals surface area contributed by atoms with Crippen molar-refractivity contribution in [2.75, 3.05) is 13.2 Å². The van der Waals surface area contributed by atoms with Crippen LogP contribution in [0.15, 0.2) is 53.0 Å². The zero-order valence-electron chi connectivity index (χ0n) is 11.4. The highest BCUT2D eigenvalue weighted by atomic mass is 79.9. The van der Waals surface area contributed by atoms with Gasteiger partial charge in [0.05, 0.1) is 6.61 Å². The van der Waals surface area contributed by atoms with Crippen molar-refractivity contribution in [3.63, 3.8) is 0 Å². The molecule has 3 nitrogen and oxygen atoms in total. The Kier molecular flexibility index (Phi) is 5.44. The van der Waals surface area contributed by atoms with Gasteiger partial charge < -0.3 is 15.2 Å². The van der Waals surface area contributed by atoms with Gasteiger partial charge in [-0.15, -0.1) is 0 Å². The summed E-state index contributed by atoms with van der Waals surface area (Å²) in [5.41, 5.74) is 6.88. The van der Waals surface area contributed by atoms with Gasteiger partial charge in [-0.3, -0.25) is 0 Å². The van der Waals surface area contributed by atoms with E-state index in [-0.39, 0.29) is 6.10 Å². The highest BCUT2D eigenvalue weighted by Gasteiger charge is 2.14. The smallest absolute Gasteiger partial charge is 0.137 e. The number of benzene rings is 2. The van der Waals surface area contributed by atoms with E-state index in [1.54, 1.807) is 0 Å². The van der Waals surface area contributed by atoms with E-state index in [1.165, 1.54) is 0 Å². The molecule has 0 aromatic heterocycles. The third kappa shape index (κ3) is 3.74. The molecule has 0 aliphatic rings. The summed E-state index contributed by atoms with van der Waals surface area (Å²) in [6.45, 7) is 2.99. The third-order valence-corrected chi connectivity index (χ3v) is 3.58. The average Bonchev–Trinajstić information content (AvgIpc) is 2.46. The van der Waals surface area contributed by atoms with Gasteiger partial charge in [-0.2, -0.15) is 0 Å². The van der Waals surface area contributed by atoms with Crippen LogP contribution in [-0.4, -0.2) is 13.2 Å². The minimum atomic E-state index is -0.192. The summed E-state index contributed by atoms with van der Waals surface area (Å²) in [5.74, 6) is 1.55. The average molecular weight is 336 g/mol. The summed E-state index contributed by atoms with van der Waals surface area (Å²) in [7, 11) is 0. The van der Waals surface area contributed by atoms with E-state index >= 15 is 0 Å². The summed E-state index contributed by atoms with van der Waals surface area (Å²) < 4.78 is 12.4. The predicted octanol–water partition coefficient (Wildman–Crippen LogP) is 3.93. The van der Waals surface area contributed by atoms with Gasteiger partial charge in [-0.25, -0.2) is 0 Å². The lowest BCUT2D eigenvalue weighted by atomic mass is 10.1. The Labute approximate surface area is 127 Å². The van der Waals surface area contributed by atoms with Crippen molar-refractivity contribution in [1.82, 2.24) is 0 Å². The van der Waals surface area contributed by atoms with Gasteiger partial charge in [-0.1, -0.05) is 40.2 Å². The molecule has 0 radical (unpaired) electrons. The molecule has 2 rings (SSSR count). The first kappa shape index (κ1) is 14.9. The summed E-state index contributed by atoms with van der Waals surface area (Å²) in [6.07, 6.45) is -0.192. The van der Waals surface area contributed by atoms with Crippen LogP contribution in [-0.2, 0) is 0 Å². The number of hydrogen-bond acceptors (Lipinski definition) is 3. The first-order chi connectivity index (χ1) is 9.74. The Bertz CT molecular complexity index is 560. The second-order valence-corrected chi connectivity index (χ2v) is 5.13. The van der Waals surface area contributed by atoms with Crippen LogP contribution in [0.4, 0.5) is 0 Å². The van der Waals surface area contributed by atoms with Gasteiger partial charge in [0.15, 0.2) is 0 Å². The third-order valence-electron chi connectivity index (χ3n) is 2.86. The highest BCUT2D eigenvalue weighted by Crippen LogP contribution is 2.28. The molecule has 0 aliphatic heterocycles. The molecule has 2 aromatic carbocycles. The molecule has 106 valence electrons. The molecular weight excluding hydrogens is 318 g/mol. The SMILES string of the molecule is CCOc1cccc(OC(CN)c2ccccc2Br)c1. The van der Waals surface area contributed by atoms with Crippen LogP contribution in [0.1, 0.15) is 18.6 Å². The van der Waals surface area contributed by atoms with E-state index in [1.807, 2.05) is 55.5 Å². The van der Waals surface area contributed by atoms with E-state index in [0.29, 0.717) is 13.2 Å². The topological polar surface area (TPSA) is 44.5 Å². The quantitative estimate of drug-likeness (QED) is 0.869. The molecule has 0 fully saturated rings. The lowest BCUT2D eigenvalue weighted by Gasteiger charge is -2.19.